The molecule has 0 radical (unpaired) electrons. The Morgan fingerprint density at radius 1 is 1.14 bits per heavy atom. The van der Waals surface area contributed by atoms with E-state index in [0.29, 0.717) is 32.6 Å². The predicted molar refractivity (Wildman–Crippen MR) is 83.3 cm³/mol. The number of hydrogen-bond donors (Lipinski definition) is 1. The second-order valence-corrected chi connectivity index (χ2v) is 6.74. The molecule has 122 valence electrons. The lowest BCUT2D eigenvalue weighted by atomic mass is 10.0. The summed E-state index contributed by atoms with van der Waals surface area (Å²) in [6.45, 7) is 9.56. The highest BCUT2D eigenvalue weighted by molar-refractivity contribution is 5.78. The monoisotopic (exact) mass is 298 g/mol. The van der Waals surface area contributed by atoms with E-state index >= 15 is 0 Å². The van der Waals surface area contributed by atoms with Crippen LogP contribution in [0, 0.1) is 0 Å². The van der Waals surface area contributed by atoms with E-state index < -0.39 is 5.60 Å². The molecule has 0 aromatic rings. The number of carbonyl (C=O) groups excluding carboxylic acids is 1. The largest absolute Gasteiger partial charge is 0.387 e. The Labute approximate surface area is 128 Å². The van der Waals surface area contributed by atoms with E-state index in [2.05, 4.69) is 16.7 Å². The second-order valence-electron chi connectivity index (χ2n) is 6.74. The van der Waals surface area contributed by atoms with Crippen LogP contribution in [0.1, 0.15) is 13.3 Å². The van der Waals surface area contributed by atoms with Crippen LogP contribution >= 0.6 is 0 Å². The Morgan fingerprint density at radius 2 is 1.76 bits per heavy atom. The first-order valence-electron chi connectivity index (χ1n) is 8.01. The summed E-state index contributed by atoms with van der Waals surface area (Å²) >= 11 is 0. The Kier molecular flexibility index (Phi) is 5.60. The van der Waals surface area contributed by atoms with Gasteiger partial charge in [-0.2, -0.15) is 0 Å². The number of likely N-dealkylation sites (tertiary alicyclic amines) is 1. The van der Waals surface area contributed by atoms with Crippen LogP contribution in [-0.2, 0) is 4.79 Å². The molecule has 0 spiro atoms. The molecule has 0 bridgehead atoms. The second kappa shape index (κ2) is 7.05. The van der Waals surface area contributed by atoms with Crippen molar-refractivity contribution in [2.45, 2.75) is 18.9 Å². The number of nitrogens with zero attached hydrogens (tertiary/aromatic N) is 4. The summed E-state index contributed by atoms with van der Waals surface area (Å²) in [5.41, 5.74) is -0.736. The zero-order valence-electron chi connectivity index (χ0n) is 13.7. The summed E-state index contributed by atoms with van der Waals surface area (Å²) < 4.78 is 0. The van der Waals surface area contributed by atoms with Crippen LogP contribution in [0.25, 0.3) is 0 Å². The van der Waals surface area contributed by atoms with Gasteiger partial charge in [-0.25, -0.2) is 0 Å². The summed E-state index contributed by atoms with van der Waals surface area (Å²) in [5, 5.41) is 10.5. The number of aliphatic hydroxyl groups is 1. The van der Waals surface area contributed by atoms with E-state index in [9.17, 15) is 9.90 Å². The minimum absolute atomic E-state index is 0.162. The van der Waals surface area contributed by atoms with E-state index in [1.807, 2.05) is 23.9 Å². The van der Waals surface area contributed by atoms with Gasteiger partial charge in [0.15, 0.2) is 0 Å². The number of piperazine rings is 1. The summed E-state index contributed by atoms with van der Waals surface area (Å²) in [4.78, 5) is 20.8. The standard InChI is InChI=1S/C15H30N4O2/c1-4-17-7-9-18(10-8-17)11-14(20)19-6-5-15(21,13-19)12-16(2)3/h21H,4-13H2,1-3H3/t15-/m1/s1. The van der Waals surface area contributed by atoms with Crippen molar-refractivity contribution < 1.29 is 9.90 Å². The number of amides is 1. The number of likely N-dealkylation sites (N-methyl/N-ethyl adjacent to an activating group) is 2. The molecular formula is C15H30N4O2. The Balaban J connectivity index is 1.77. The molecule has 1 amide bonds. The average molecular weight is 298 g/mol. The van der Waals surface area contributed by atoms with Gasteiger partial charge < -0.3 is 19.8 Å². The average Bonchev–Trinajstić information content (AvgIpc) is 2.81. The molecule has 2 rings (SSSR count). The van der Waals surface area contributed by atoms with Crippen molar-refractivity contribution in [2.24, 2.45) is 0 Å². The molecule has 21 heavy (non-hydrogen) atoms. The van der Waals surface area contributed by atoms with Gasteiger partial charge in [-0.05, 0) is 27.1 Å². The fraction of sp³-hybridized carbons (Fsp3) is 0.933. The summed E-state index contributed by atoms with van der Waals surface area (Å²) in [7, 11) is 3.91. The highest BCUT2D eigenvalue weighted by Gasteiger charge is 2.38. The third kappa shape index (κ3) is 4.64. The lowest BCUT2D eigenvalue weighted by Gasteiger charge is -2.34. The molecule has 0 unspecified atom stereocenters. The van der Waals surface area contributed by atoms with Crippen molar-refractivity contribution in [2.75, 3.05) is 73.0 Å². The van der Waals surface area contributed by atoms with Crippen molar-refractivity contribution in [3.8, 4) is 0 Å². The predicted octanol–water partition coefficient (Wildman–Crippen LogP) is -0.851. The molecule has 2 fully saturated rings. The van der Waals surface area contributed by atoms with Crippen molar-refractivity contribution >= 4 is 5.91 Å². The van der Waals surface area contributed by atoms with Crippen LogP contribution in [0.15, 0.2) is 0 Å². The lowest BCUT2D eigenvalue weighted by molar-refractivity contribution is -0.132. The molecule has 6 nitrogen and oxygen atoms in total. The first-order chi connectivity index (χ1) is 9.92. The Bertz CT molecular complexity index is 356. The normalized spacial score (nSPS) is 28.5. The molecule has 0 aromatic carbocycles. The van der Waals surface area contributed by atoms with Gasteiger partial charge in [0.25, 0.3) is 0 Å². The maximum Gasteiger partial charge on any atom is 0.236 e. The third-order valence-corrected chi connectivity index (χ3v) is 4.57. The van der Waals surface area contributed by atoms with Crippen LogP contribution in [0.5, 0.6) is 0 Å². The smallest absolute Gasteiger partial charge is 0.236 e. The van der Waals surface area contributed by atoms with Gasteiger partial charge in [-0.1, -0.05) is 6.92 Å². The topological polar surface area (TPSA) is 50.3 Å². The van der Waals surface area contributed by atoms with Crippen LogP contribution in [-0.4, -0.2) is 109 Å². The number of hydrogen-bond acceptors (Lipinski definition) is 5. The maximum absolute atomic E-state index is 12.4. The molecule has 2 saturated heterocycles. The fourth-order valence-corrected chi connectivity index (χ4v) is 3.34. The van der Waals surface area contributed by atoms with E-state index in [0.717, 1.165) is 32.7 Å². The SMILES string of the molecule is CCN1CCN(CC(=O)N2CC[C@@](O)(CN(C)C)C2)CC1. The zero-order chi connectivity index (χ0) is 15.5. The quantitative estimate of drug-likeness (QED) is 0.716. The minimum atomic E-state index is -0.736. The molecule has 2 heterocycles. The van der Waals surface area contributed by atoms with Crippen LogP contribution < -0.4 is 0 Å². The molecule has 0 aliphatic carbocycles. The van der Waals surface area contributed by atoms with Crippen LogP contribution in [0.3, 0.4) is 0 Å². The van der Waals surface area contributed by atoms with Gasteiger partial charge in [-0.3, -0.25) is 9.69 Å². The molecule has 1 N–H and O–H groups in total. The van der Waals surface area contributed by atoms with E-state index in [4.69, 9.17) is 0 Å². The molecule has 0 aromatic heterocycles. The van der Waals surface area contributed by atoms with Crippen LogP contribution in [0.2, 0.25) is 0 Å². The van der Waals surface area contributed by atoms with Crippen molar-refractivity contribution in [3.05, 3.63) is 0 Å². The summed E-state index contributed by atoms with van der Waals surface area (Å²) in [6, 6.07) is 0. The molecule has 0 saturated carbocycles. The first-order valence-corrected chi connectivity index (χ1v) is 8.01. The zero-order valence-corrected chi connectivity index (χ0v) is 13.7. The fourth-order valence-electron chi connectivity index (χ4n) is 3.34. The first kappa shape index (κ1) is 16.7. The molecule has 2 aliphatic heterocycles. The van der Waals surface area contributed by atoms with Gasteiger partial charge in [0.1, 0.15) is 0 Å². The highest BCUT2D eigenvalue weighted by atomic mass is 16.3. The van der Waals surface area contributed by atoms with E-state index in [1.165, 1.54) is 0 Å². The van der Waals surface area contributed by atoms with Gasteiger partial charge >= 0.3 is 0 Å². The van der Waals surface area contributed by atoms with Crippen LogP contribution in [0.4, 0.5) is 0 Å². The minimum Gasteiger partial charge on any atom is -0.387 e. The lowest BCUT2D eigenvalue weighted by Crippen LogP contribution is -2.50. The van der Waals surface area contributed by atoms with E-state index in [-0.39, 0.29) is 5.91 Å². The summed E-state index contributed by atoms with van der Waals surface area (Å²) in [5.74, 6) is 0.162. The highest BCUT2D eigenvalue weighted by Crippen LogP contribution is 2.22. The molecule has 2 aliphatic rings. The Morgan fingerprint density at radius 3 is 2.33 bits per heavy atom. The van der Waals surface area contributed by atoms with Gasteiger partial charge in [0, 0.05) is 39.3 Å². The van der Waals surface area contributed by atoms with Gasteiger partial charge in [0.05, 0.1) is 18.7 Å². The third-order valence-electron chi connectivity index (χ3n) is 4.57. The van der Waals surface area contributed by atoms with Gasteiger partial charge in [0.2, 0.25) is 5.91 Å². The Hall–Kier alpha value is -0.690. The van der Waals surface area contributed by atoms with Crippen molar-refractivity contribution in [1.29, 1.82) is 0 Å². The molecule has 6 heteroatoms. The van der Waals surface area contributed by atoms with Crippen molar-refractivity contribution in [3.63, 3.8) is 0 Å². The number of β-amino-alcohol motifs (C(OH)–C–C–N with tert-alkyl or cyclic N) is 1. The van der Waals surface area contributed by atoms with Gasteiger partial charge in [-0.15, -0.1) is 0 Å². The van der Waals surface area contributed by atoms with E-state index in [1.54, 1.807) is 0 Å². The van der Waals surface area contributed by atoms with Crippen molar-refractivity contribution in [1.82, 2.24) is 19.6 Å². The number of rotatable bonds is 5. The summed E-state index contributed by atoms with van der Waals surface area (Å²) in [6.07, 6.45) is 0.681. The molecular weight excluding hydrogens is 268 g/mol. The number of carbonyl (C=O) groups is 1. The molecule has 1 atom stereocenters. The maximum atomic E-state index is 12.4.